The van der Waals surface area contributed by atoms with Crippen molar-refractivity contribution in [1.29, 1.82) is 0 Å². The maximum absolute atomic E-state index is 12.8. The SMILES string of the molecule is CC(C)(C)S(=O)N[C@@H](CCCC1OCCCO1)c1cc(Cl)cc2c1COC2. The second-order valence-electron chi connectivity index (χ2n) is 8.13. The lowest BCUT2D eigenvalue weighted by Crippen LogP contribution is -2.36. The van der Waals surface area contributed by atoms with Gasteiger partial charge in [-0.3, -0.25) is 0 Å². The predicted molar refractivity (Wildman–Crippen MR) is 108 cm³/mol. The minimum atomic E-state index is -1.18. The third kappa shape index (κ3) is 5.75. The zero-order chi connectivity index (χ0) is 19.4. The van der Waals surface area contributed by atoms with Crippen LogP contribution in [-0.2, 0) is 38.4 Å². The highest BCUT2D eigenvalue weighted by Gasteiger charge is 2.27. The maximum Gasteiger partial charge on any atom is 0.157 e. The van der Waals surface area contributed by atoms with Crippen LogP contribution in [-0.4, -0.2) is 28.5 Å². The van der Waals surface area contributed by atoms with E-state index in [4.69, 9.17) is 25.8 Å². The lowest BCUT2D eigenvalue weighted by atomic mass is 9.94. The second-order valence-corrected chi connectivity index (χ2v) is 10.6. The molecule has 0 spiro atoms. The van der Waals surface area contributed by atoms with E-state index in [1.165, 1.54) is 5.56 Å². The number of fused-ring (bicyclic) bond motifs is 1. The molecule has 7 heteroatoms. The van der Waals surface area contributed by atoms with Crippen molar-refractivity contribution in [2.75, 3.05) is 13.2 Å². The Morgan fingerprint density at radius 1 is 1.26 bits per heavy atom. The van der Waals surface area contributed by atoms with Crippen LogP contribution in [0.3, 0.4) is 0 Å². The molecule has 27 heavy (non-hydrogen) atoms. The summed E-state index contributed by atoms with van der Waals surface area (Å²) in [5, 5.41) is 0.696. The van der Waals surface area contributed by atoms with Crippen LogP contribution in [0.4, 0.5) is 0 Å². The van der Waals surface area contributed by atoms with E-state index >= 15 is 0 Å². The molecule has 1 aromatic rings. The molecule has 0 aliphatic carbocycles. The van der Waals surface area contributed by atoms with Crippen molar-refractivity contribution in [3.63, 3.8) is 0 Å². The monoisotopic (exact) mass is 415 g/mol. The van der Waals surface area contributed by atoms with Crippen molar-refractivity contribution >= 4 is 22.6 Å². The van der Waals surface area contributed by atoms with Crippen LogP contribution in [0.15, 0.2) is 12.1 Å². The fraction of sp³-hybridized carbons (Fsp3) is 0.700. The van der Waals surface area contributed by atoms with Crippen molar-refractivity contribution < 1.29 is 18.4 Å². The number of nitrogens with one attached hydrogen (secondary N) is 1. The molecule has 2 aliphatic heterocycles. The summed E-state index contributed by atoms with van der Waals surface area (Å²) < 4.78 is 32.7. The zero-order valence-electron chi connectivity index (χ0n) is 16.4. The van der Waals surface area contributed by atoms with E-state index in [-0.39, 0.29) is 17.1 Å². The Morgan fingerprint density at radius 2 is 2.00 bits per heavy atom. The maximum atomic E-state index is 12.8. The first kappa shape index (κ1) is 21.2. The van der Waals surface area contributed by atoms with E-state index < -0.39 is 11.0 Å². The van der Waals surface area contributed by atoms with Gasteiger partial charge < -0.3 is 14.2 Å². The van der Waals surface area contributed by atoms with Gasteiger partial charge in [-0.15, -0.1) is 0 Å². The molecule has 1 saturated heterocycles. The fourth-order valence-electron chi connectivity index (χ4n) is 3.37. The summed E-state index contributed by atoms with van der Waals surface area (Å²) in [5.74, 6) is 0. The van der Waals surface area contributed by atoms with Crippen molar-refractivity contribution in [3.8, 4) is 0 Å². The Morgan fingerprint density at radius 3 is 2.70 bits per heavy atom. The van der Waals surface area contributed by atoms with Gasteiger partial charge in [-0.25, -0.2) is 8.93 Å². The summed E-state index contributed by atoms with van der Waals surface area (Å²) in [6.45, 7) is 8.62. The lowest BCUT2D eigenvalue weighted by molar-refractivity contribution is -0.181. The Hall–Kier alpha value is -0.500. The molecule has 0 aromatic heterocycles. The van der Waals surface area contributed by atoms with Gasteiger partial charge in [0, 0.05) is 11.1 Å². The van der Waals surface area contributed by atoms with Gasteiger partial charge in [0.05, 0.1) is 42.2 Å². The van der Waals surface area contributed by atoms with Crippen molar-refractivity contribution in [1.82, 2.24) is 4.72 Å². The third-order valence-electron chi connectivity index (χ3n) is 4.86. The van der Waals surface area contributed by atoms with E-state index in [1.54, 1.807) is 0 Å². The van der Waals surface area contributed by atoms with Gasteiger partial charge in [0.2, 0.25) is 0 Å². The summed E-state index contributed by atoms with van der Waals surface area (Å²) in [4.78, 5) is 0. The van der Waals surface area contributed by atoms with Crippen LogP contribution in [0.25, 0.3) is 0 Å². The van der Waals surface area contributed by atoms with Crippen LogP contribution in [0.1, 0.15) is 69.2 Å². The molecule has 152 valence electrons. The molecule has 0 bridgehead atoms. The van der Waals surface area contributed by atoms with Crippen molar-refractivity contribution in [2.24, 2.45) is 0 Å². The van der Waals surface area contributed by atoms with Crippen molar-refractivity contribution in [3.05, 3.63) is 33.8 Å². The molecule has 2 aliphatic rings. The molecule has 2 heterocycles. The van der Waals surface area contributed by atoms with Gasteiger partial charge in [-0.1, -0.05) is 11.6 Å². The first-order valence-corrected chi connectivity index (χ1v) is 11.2. The summed E-state index contributed by atoms with van der Waals surface area (Å²) >= 11 is 6.36. The first-order valence-electron chi connectivity index (χ1n) is 9.65. The molecule has 0 radical (unpaired) electrons. The predicted octanol–water partition coefficient (Wildman–Crippen LogP) is 4.40. The Bertz CT molecular complexity index is 671. The topological polar surface area (TPSA) is 56.8 Å². The highest BCUT2D eigenvalue weighted by molar-refractivity contribution is 7.84. The second kappa shape index (κ2) is 9.33. The molecule has 1 N–H and O–H groups in total. The number of rotatable bonds is 7. The first-order chi connectivity index (χ1) is 12.8. The molecule has 3 rings (SSSR count). The quantitative estimate of drug-likeness (QED) is 0.717. The lowest BCUT2D eigenvalue weighted by Gasteiger charge is -2.27. The molecular weight excluding hydrogens is 386 g/mol. The molecule has 5 nitrogen and oxygen atoms in total. The molecule has 1 fully saturated rings. The molecule has 2 atom stereocenters. The number of halogens is 1. The summed E-state index contributed by atoms with van der Waals surface area (Å²) in [5.41, 5.74) is 3.40. The van der Waals surface area contributed by atoms with Gasteiger partial charge in [0.1, 0.15) is 0 Å². The van der Waals surface area contributed by atoms with Crippen molar-refractivity contribution in [2.45, 2.75) is 76.7 Å². The summed E-state index contributed by atoms with van der Waals surface area (Å²) in [6, 6.07) is 3.90. The van der Waals surface area contributed by atoms with Gasteiger partial charge in [-0.2, -0.15) is 0 Å². The summed E-state index contributed by atoms with van der Waals surface area (Å²) in [7, 11) is -1.18. The number of ether oxygens (including phenoxy) is 3. The van der Waals surface area contributed by atoms with E-state index in [1.807, 2.05) is 32.9 Å². The number of benzene rings is 1. The van der Waals surface area contributed by atoms with Crippen LogP contribution in [0, 0.1) is 0 Å². The van der Waals surface area contributed by atoms with E-state index in [9.17, 15) is 4.21 Å². The van der Waals surface area contributed by atoms with Crippen LogP contribution in [0.5, 0.6) is 0 Å². The highest BCUT2D eigenvalue weighted by atomic mass is 35.5. The molecule has 1 unspecified atom stereocenters. The Balaban J connectivity index is 1.74. The van der Waals surface area contributed by atoms with E-state index in [2.05, 4.69) is 4.72 Å². The fourth-order valence-corrected chi connectivity index (χ4v) is 4.48. The van der Waals surface area contributed by atoms with Gasteiger partial charge >= 0.3 is 0 Å². The van der Waals surface area contributed by atoms with E-state index in [0.29, 0.717) is 18.2 Å². The number of hydrogen-bond acceptors (Lipinski definition) is 4. The Labute approximate surface area is 169 Å². The van der Waals surface area contributed by atoms with Gasteiger partial charge in [0.15, 0.2) is 6.29 Å². The summed E-state index contributed by atoms with van der Waals surface area (Å²) in [6.07, 6.45) is 3.41. The molecule has 1 aromatic carbocycles. The average Bonchev–Trinajstić information content (AvgIpc) is 3.08. The van der Waals surface area contributed by atoms with Crippen LogP contribution in [0.2, 0.25) is 5.02 Å². The normalized spacial score (nSPS) is 20.4. The third-order valence-corrected chi connectivity index (χ3v) is 6.68. The standard InChI is InChI=1S/C20H30ClNO4S/c1-20(2,3)27(23)22-18(6-4-7-19-25-8-5-9-26-19)16-11-15(21)10-14-12-24-13-17(14)16/h10-11,18-19,22H,4-9,12-13H2,1-3H3/t18-,27?/m0/s1. The highest BCUT2D eigenvalue weighted by Crippen LogP contribution is 2.34. The van der Waals surface area contributed by atoms with Gasteiger partial charge in [-0.05, 0) is 75.3 Å². The van der Waals surface area contributed by atoms with Crippen LogP contribution < -0.4 is 4.72 Å². The molecular formula is C20H30ClNO4S. The molecule has 0 amide bonds. The zero-order valence-corrected chi connectivity index (χ0v) is 18.0. The Kier molecular flexibility index (Phi) is 7.33. The minimum absolute atomic E-state index is 0.0530. The molecule has 0 saturated carbocycles. The number of hydrogen-bond donors (Lipinski definition) is 1. The van der Waals surface area contributed by atoms with Crippen LogP contribution >= 0.6 is 11.6 Å². The van der Waals surface area contributed by atoms with E-state index in [0.717, 1.165) is 50.0 Å². The minimum Gasteiger partial charge on any atom is -0.372 e. The average molecular weight is 416 g/mol. The van der Waals surface area contributed by atoms with Gasteiger partial charge in [0.25, 0.3) is 0 Å². The largest absolute Gasteiger partial charge is 0.372 e. The smallest absolute Gasteiger partial charge is 0.157 e.